The van der Waals surface area contributed by atoms with Crippen LogP contribution in [0.1, 0.15) is 43.7 Å². The zero-order valence-electron chi connectivity index (χ0n) is 11.5. The normalized spacial score (nSPS) is 29.9. The van der Waals surface area contributed by atoms with Gasteiger partial charge in [0.05, 0.1) is 6.61 Å². The van der Waals surface area contributed by atoms with Crippen molar-refractivity contribution in [2.45, 2.75) is 51.0 Å². The van der Waals surface area contributed by atoms with Crippen molar-refractivity contribution in [1.29, 1.82) is 0 Å². The van der Waals surface area contributed by atoms with Crippen LogP contribution >= 0.6 is 15.9 Å². The number of ether oxygens (including phenoxy) is 1. The fourth-order valence-electron chi connectivity index (χ4n) is 3.72. The summed E-state index contributed by atoms with van der Waals surface area (Å²) in [6, 6.07) is 4.37. The topological polar surface area (TPSA) is 35.2 Å². The molecule has 0 saturated heterocycles. The lowest BCUT2D eigenvalue weighted by atomic mass is 9.74. The Balaban J connectivity index is 1.87. The molecule has 1 aliphatic heterocycles. The molecule has 1 aromatic carbocycles. The molecule has 0 spiro atoms. The molecular formula is C16H22BrNO. The molecule has 0 radical (unpaired) electrons. The third-order valence-electron chi connectivity index (χ3n) is 4.49. The summed E-state index contributed by atoms with van der Waals surface area (Å²) in [6.07, 6.45) is 6.82. The molecule has 3 heteroatoms. The van der Waals surface area contributed by atoms with Crippen molar-refractivity contribution in [2.24, 2.45) is 11.7 Å². The van der Waals surface area contributed by atoms with Crippen molar-refractivity contribution >= 4 is 15.9 Å². The van der Waals surface area contributed by atoms with Gasteiger partial charge in [0.2, 0.25) is 0 Å². The van der Waals surface area contributed by atoms with Crippen LogP contribution in [-0.2, 0) is 12.8 Å². The number of benzene rings is 1. The Morgan fingerprint density at radius 3 is 3.11 bits per heavy atom. The molecule has 19 heavy (non-hydrogen) atoms. The first-order chi connectivity index (χ1) is 9.06. The number of hydrogen-bond donors (Lipinski definition) is 1. The Kier molecular flexibility index (Phi) is 3.61. The van der Waals surface area contributed by atoms with Crippen molar-refractivity contribution in [1.82, 2.24) is 0 Å². The van der Waals surface area contributed by atoms with Gasteiger partial charge < -0.3 is 10.5 Å². The predicted octanol–water partition coefficient (Wildman–Crippen LogP) is 3.83. The number of fused-ring (bicyclic) bond motifs is 1. The highest BCUT2D eigenvalue weighted by Crippen LogP contribution is 2.38. The molecule has 2 nitrogen and oxygen atoms in total. The van der Waals surface area contributed by atoms with Crippen molar-refractivity contribution in [3.05, 3.63) is 27.7 Å². The summed E-state index contributed by atoms with van der Waals surface area (Å²) in [6.45, 7) is 3.13. The first-order valence-electron chi connectivity index (χ1n) is 7.29. The van der Waals surface area contributed by atoms with E-state index in [4.69, 9.17) is 10.5 Å². The Bertz CT molecular complexity index is 488. The number of rotatable bonds is 2. The predicted molar refractivity (Wildman–Crippen MR) is 81.6 cm³/mol. The van der Waals surface area contributed by atoms with Crippen LogP contribution < -0.4 is 10.5 Å². The smallest absolute Gasteiger partial charge is 0.125 e. The van der Waals surface area contributed by atoms with Crippen molar-refractivity contribution in [3.63, 3.8) is 0 Å². The maximum atomic E-state index is 6.65. The van der Waals surface area contributed by atoms with Crippen molar-refractivity contribution < 1.29 is 4.74 Å². The lowest BCUT2D eigenvalue weighted by Crippen LogP contribution is -2.45. The van der Waals surface area contributed by atoms with Crippen LogP contribution in [0.4, 0.5) is 0 Å². The molecule has 1 aromatic rings. The minimum absolute atomic E-state index is 0.0435. The van der Waals surface area contributed by atoms with Gasteiger partial charge in [-0.25, -0.2) is 0 Å². The molecule has 2 unspecified atom stereocenters. The molecule has 2 atom stereocenters. The van der Waals surface area contributed by atoms with Gasteiger partial charge in [-0.2, -0.15) is 0 Å². The molecular weight excluding hydrogens is 302 g/mol. The summed E-state index contributed by atoms with van der Waals surface area (Å²) in [5.74, 6) is 1.85. The molecule has 0 amide bonds. The highest BCUT2D eigenvalue weighted by atomic mass is 79.9. The molecule has 1 aliphatic carbocycles. The van der Waals surface area contributed by atoms with E-state index in [0.717, 1.165) is 48.4 Å². The molecule has 1 fully saturated rings. The van der Waals surface area contributed by atoms with E-state index in [1.54, 1.807) is 0 Å². The van der Waals surface area contributed by atoms with Crippen LogP contribution in [-0.4, -0.2) is 12.1 Å². The Labute approximate surface area is 123 Å². The van der Waals surface area contributed by atoms with E-state index >= 15 is 0 Å². The first-order valence-corrected chi connectivity index (χ1v) is 8.08. The third kappa shape index (κ3) is 2.82. The van der Waals surface area contributed by atoms with Crippen LogP contribution in [0.25, 0.3) is 0 Å². The Morgan fingerprint density at radius 1 is 1.47 bits per heavy atom. The fraction of sp³-hybridized carbons (Fsp3) is 0.625. The minimum atomic E-state index is -0.0435. The Morgan fingerprint density at radius 2 is 2.32 bits per heavy atom. The molecule has 2 aliphatic rings. The van der Waals surface area contributed by atoms with E-state index in [0.29, 0.717) is 0 Å². The summed E-state index contributed by atoms with van der Waals surface area (Å²) < 4.78 is 6.97. The van der Waals surface area contributed by atoms with Gasteiger partial charge in [0.25, 0.3) is 0 Å². The largest absolute Gasteiger partial charge is 0.493 e. The summed E-state index contributed by atoms with van der Waals surface area (Å²) >= 11 is 3.61. The number of hydrogen-bond acceptors (Lipinski definition) is 2. The van der Waals surface area contributed by atoms with Crippen LogP contribution in [0.3, 0.4) is 0 Å². The van der Waals surface area contributed by atoms with E-state index in [2.05, 4.69) is 35.0 Å². The van der Waals surface area contributed by atoms with E-state index in [1.807, 2.05) is 0 Å². The summed E-state index contributed by atoms with van der Waals surface area (Å²) in [5, 5.41) is 0. The van der Waals surface area contributed by atoms with Crippen LogP contribution in [0.2, 0.25) is 0 Å². The molecule has 104 valence electrons. The molecule has 0 aromatic heterocycles. The number of nitrogens with two attached hydrogens (primary N) is 1. The summed E-state index contributed by atoms with van der Waals surface area (Å²) in [4.78, 5) is 0. The van der Waals surface area contributed by atoms with E-state index in [1.165, 1.54) is 24.0 Å². The van der Waals surface area contributed by atoms with Crippen molar-refractivity contribution in [3.8, 4) is 5.75 Å². The lowest BCUT2D eigenvalue weighted by molar-refractivity contribution is 0.233. The second-order valence-electron chi connectivity index (χ2n) is 6.39. The summed E-state index contributed by atoms with van der Waals surface area (Å²) in [5.41, 5.74) is 9.23. The quantitative estimate of drug-likeness (QED) is 0.897. The third-order valence-corrected chi connectivity index (χ3v) is 4.95. The second kappa shape index (κ2) is 5.10. The summed E-state index contributed by atoms with van der Waals surface area (Å²) in [7, 11) is 0. The maximum absolute atomic E-state index is 6.65. The second-order valence-corrected chi connectivity index (χ2v) is 7.31. The van der Waals surface area contributed by atoms with Gasteiger partial charge in [-0.15, -0.1) is 0 Å². The number of halogens is 1. The molecule has 0 bridgehead atoms. The molecule has 3 rings (SSSR count). The highest BCUT2D eigenvalue weighted by Gasteiger charge is 2.33. The van der Waals surface area contributed by atoms with Gasteiger partial charge >= 0.3 is 0 Å². The molecule has 2 N–H and O–H groups in total. The Hall–Kier alpha value is -0.540. The maximum Gasteiger partial charge on any atom is 0.125 e. The fourth-order valence-corrected chi connectivity index (χ4v) is 4.27. The first kappa shape index (κ1) is 13.4. The van der Waals surface area contributed by atoms with Crippen LogP contribution in [0, 0.1) is 5.92 Å². The van der Waals surface area contributed by atoms with Gasteiger partial charge in [0, 0.05) is 16.4 Å². The van der Waals surface area contributed by atoms with E-state index in [-0.39, 0.29) is 5.54 Å². The van der Waals surface area contributed by atoms with Gasteiger partial charge in [0.1, 0.15) is 5.75 Å². The SMILES string of the molecule is CC1CCCC(N)(Cc2cc(Br)cc3c2OCC3)C1. The van der Waals surface area contributed by atoms with Crippen molar-refractivity contribution in [2.75, 3.05) is 6.61 Å². The van der Waals surface area contributed by atoms with E-state index in [9.17, 15) is 0 Å². The zero-order chi connectivity index (χ0) is 13.5. The van der Waals surface area contributed by atoms with Gasteiger partial charge in [0.15, 0.2) is 0 Å². The van der Waals surface area contributed by atoms with Crippen LogP contribution in [0.5, 0.6) is 5.75 Å². The lowest BCUT2D eigenvalue weighted by Gasteiger charge is -2.37. The average molecular weight is 324 g/mol. The zero-order valence-corrected chi connectivity index (χ0v) is 13.1. The van der Waals surface area contributed by atoms with Gasteiger partial charge in [-0.3, -0.25) is 0 Å². The van der Waals surface area contributed by atoms with Gasteiger partial charge in [-0.05, 0) is 48.4 Å². The standard InChI is InChI=1S/C16H22BrNO/c1-11-3-2-5-16(18,9-11)10-13-8-14(17)7-12-4-6-19-15(12)13/h7-8,11H,2-6,9-10,18H2,1H3. The van der Waals surface area contributed by atoms with E-state index < -0.39 is 0 Å². The van der Waals surface area contributed by atoms with Crippen LogP contribution in [0.15, 0.2) is 16.6 Å². The average Bonchev–Trinajstić information content (AvgIpc) is 2.75. The van der Waals surface area contributed by atoms with Gasteiger partial charge in [-0.1, -0.05) is 35.7 Å². The molecule has 1 heterocycles. The highest BCUT2D eigenvalue weighted by molar-refractivity contribution is 9.10. The molecule has 1 saturated carbocycles. The monoisotopic (exact) mass is 323 g/mol. The minimum Gasteiger partial charge on any atom is -0.493 e.